The zero-order valence-electron chi connectivity index (χ0n) is 18.1. The number of carbonyl (C=O) groups excluding carboxylic acids is 3. The fraction of sp³-hybridized carbons (Fsp3) is 0.0833. The van der Waals surface area contributed by atoms with Crippen molar-refractivity contribution < 1.29 is 27.9 Å². The summed E-state index contributed by atoms with van der Waals surface area (Å²) in [6.45, 7) is -0.128. The zero-order valence-corrected chi connectivity index (χ0v) is 18.9. The molecule has 8 nitrogen and oxygen atoms in total. The maximum Gasteiger partial charge on any atom is 0.355 e. The van der Waals surface area contributed by atoms with Crippen LogP contribution < -0.4 is 10.6 Å². The number of benzene rings is 2. The van der Waals surface area contributed by atoms with Crippen molar-refractivity contribution in [1.29, 1.82) is 0 Å². The second-order valence-corrected chi connectivity index (χ2v) is 7.71. The summed E-state index contributed by atoms with van der Waals surface area (Å²) >= 11 is 6.11. The Labute approximate surface area is 202 Å². The number of nitrogens with one attached hydrogen (secondary N) is 2. The summed E-state index contributed by atoms with van der Waals surface area (Å²) < 4.78 is 32.7. The molecule has 2 amide bonds. The van der Waals surface area contributed by atoms with Crippen molar-refractivity contribution in [3.8, 4) is 0 Å². The van der Waals surface area contributed by atoms with Crippen molar-refractivity contribution >= 4 is 40.7 Å². The number of ether oxygens (including phenoxy) is 1. The van der Waals surface area contributed by atoms with E-state index in [1.807, 2.05) is 0 Å². The molecule has 0 aliphatic heterocycles. The van der Waals surface area contributed by atoms with Gasteiger partial charge in [0, 0.05) is 18.8 Å². The second-order valence-electron chi connectivity index (χ2n) is 7.31. The van der Waals surface area contributed by atoms with E-state index in [2.05, 4.69) is 15.6 Å². The number of hydrogen-bond acceptors (Lipinski definition) is 5. The van der Waals surface area contributed by atoms with Gasteiger partial charge in [0.15, 0.2) is 17.3 Å². The predicted octanol–water partition coefficient (Wildman–Crippen LogP) is 4.23. The minimum absolute atomic E-state index is 0.0235. The van der Waals surface area contributed by atoms with Crippen LogP contribution in [0.15, 0.2) is 60.8 Å². The number of halogens is 3. The first-order chi connectivity index (χ1) is 16.8. The van der Waals surface area contributed by atoms with Crippen molar-refractivity contribution in [3.63, 3.8) is 0 Å². The summed E-state index contributed by atoms with van der Waals surface area (Å²) in [6.07, 6.45) is 1.44. The molecule has 2 heterocycles. The Balaban J connectivity index is 1.67. The minimum Gasteiger partial charge on any atom is -0.464 e. The van der Waals surface area contributed by atoms with Crippen molar-refractivity contribution in [1.82, 2.24) is 14.7 Å². The van der Waals surface area contributed by atoms with Gasteiger partial charge in [-0.2, -0.15) is 0 Å². The molecule has 0 aliphatic carbocycles. The van der Waals surface area contributed by atoms with Gasteiger partial charge in [-0.15, -0.1) is 0 Å². The number of fused-ring (bicyclic) bond motifs is 1. The third kappa shape index (κ3) is 4.97. The van der Waals surface area contributed by atoms with Gasteiger partial charge in [-0.1, -0.05) is 29.8 Å². The molecule has 4 rings (SSSR count). The molecule has 4 aromatic rings. The lowest BCUT2D eigenvalue weighted by atomic mass is 10.2. The van der Waals surface area contributed by atoms with Crippen LogP contribution in [0.4, 0.5) is 14.5 Å². The largest absolute Gasteiger partial charge is 0.464 e. The predicted molar refractivity (Wildman–Crippen MR) is 123 cm³/mol. The number of para-hydroxylation sites is 1. The monoisotopic (exact) mass is 498 g/mol. The summed E-state index contributed by atoms with van der Waals surface area (Å²) in [5, 5.41) is 5.52. The SMILES string of the molecule is COC(=O)c1cc(C(=O)NCc2ccc(F)c(F)c2)nc2c(C(=O)Nc3ccccc3Cl)ccn12. The highest BCUT2D eigenvalue weighted by molar-refractivity contribution is 6.34. The number of methoxy groups -OCH3 is 1. The molecule has 35 heavy (non-hydrogen) atoms. The Hall–Kier alpha value is -4.31. The van der Waals surface area contributed by atoms with Gasteiger partial charge in [0.1, 0.15) is 11.4 Å². The van der Waals surface area contributed by atoms with Crippen molar-refractivity contribution in [2.24, 2.45) is 0 Å². The van der Waals surface area contributed by atoms with Gasteiger partial charge < -0.3 is 15.4 Å². The Morgan fingerprint density at radius 2 is 1.80 bits per heavy atom. The van der Waals surface area contributed by atoms with E-state index in [0.29, 0.717) is 16.3 Å². The van der Waals surface area contributed by atoms with Gasteiger partial charge in [0.2, 0.25) is 0 Å². The molecule has 11 heteroatoms. The van der Waals surface area contributed by atoms with Gasteiger partial charge in [0.05, 0.1) is 23.4 Å². The lowest BCUT2D eigenvalue weighted by molar-refractivity contribution is 0.0592. The first-order valence-corrected chi connectivity index (χ1v) is 10.5. The number of hydrogen-bond donors (Lipinski definition) is 2. The Bertz CT molecular complexity index is 1470. The van der Waals surface area contributed by atoms with Crippen LogP contribution in [0, 0.1) is 11.6 Å². The molecule has 0 fully saturated rings. The maximum atomic E-state index is 13.4. The topological polar surface area (TPSA) is 102 Å². The van der Waals surface area contributed by atoms with Crippen LogP contribution in [0.3, 0.4) is 0 Å². The molecule has 2 N–H and O–H groups in total. The van der Waals surface area contributed by atoms with Crippen LogP contribution in [0.2, 0.25) is 5.02 Å². The van der Waals surface area contributed by atoms with Crippen LogP contribution in [0.5, 0.6) is 0 Å². The maximum absolute atomic E-state index is 13.4. The lowest BCUT2D eigenvalue weighted by Gasteiger charge is -2.10. The molecule has 2 aromatic carbocycles. The molecule has 0 atom stereocenters. The van der Waals surface area contributed by atoms with Gasteiger partial charge in [-0.3, -0.25) is 14.0 Å². The van der Waals surface area contributed by atoms with E-state index in [0.717, 1.165) is 12.1 Å². The fourth-order valence-electron chi connectivity index (χ4n) is 3.31. The van der Waals surface area contributed by atoms with E-state index in [1.165, 1.54) is 35.9 Å². The molecule has 2 aromatic heterocycles. The van der Waals surface area contributed by atoms with Crippen LogP contribution in [0.1, 0.15) is 36.9 Å². The highest BCUT2D eigenvalue weighted by Gasteiger charge is 2.22. The molecule has 0 saturated heterocycles. The first kappa shape index (κ1) is 23.8. The highest BCUT2D eigenvalue weighted by atomic mass is 35.5. The summed E-state index contributed by atoms with van der Waals surface area (Å²) in [5.74, 6) is -4.09. The third-order valence-corrected chi connectivity index (χ3v) is 5.38. The van der Waals surface area contributed by atoms with E-state index >= 15 is 0 Å². The average molecular weight is 499 g/mol. The molecular formula is C24H17ClF2N4O4. The number of rotatable bonds is 6. The molecule has 0 bridgehead atoms. The number of aromatic nitrogens is 2. The summed E-state index contributed by atoms with van der Waals surface area (Å²) in [5.41, 5.74) is 0.542. The highest BCUT2D eigenvalue weighted by Crippen LogP contribution is 2.23. The zero-order chi connectivity index (χ0) is 25.1. The number of carbonyl (C=O) groups is 3. The fourth-order valence-corrected chi connectivity index (χ4v) is 3.49. The molecule has 178 valence electrons. The van der Waals surface area contributed by atoms with E-state index in [1.54, 1.807) is 24.3 Å². The number of amides is 2. The lowest BCUT2D eigenvalue weighted by Crippen LogP contribution is -2.25. The van der Waals surface area contributed by atoms with Crippen molar-refractivity contribution in [3.05, 3.63) is 100.0 Å². The van der Waals surface area contributed by atoms with Gasteiger partial charge in [-0.25, -0.2) is 18.6 Å². The van der Waals surface area contributed by atoms with Crippen molar-refractivity contribution in [2.45, 2.75) is 6.54 Å². The van der Waals surface area contributed by atoms with E-state index < -0.39 is 29.4 Å². The molecular weight excluding hydrogens is 482 g/mol. The van der Waals surface area contributed by atoms with Crippen LogP contribution in [0.25, 0.3) is 5.65 Å². The molecule has 0 spiro atoms. The summed E-state index contributed by atoms with van der Waals surface area (Å²) in [6, 6.07) is 12.5. The molecule has 0 unspecified atom stereocenters. The summed E-state index contributed by atoms with van der Waals surface area (Å²) in [7, 11) is 1.17. The molecule has 0 saturated carbocycles. The standard InChI is InChI=1S/C24H17ClF2N4O4/c1-35-24(34)20-11-19(23(33)28-12-13-6-7-16(26)17(27)10-13)29-21-14(8-9-31(20)21)22(32)30-18-5-3-2-4-15(18)25/h2-11H,12H2,1H3,(H,28,33)(H,30,32). The van der Waals surface area contributed by atoms with Crippen LogP contribution in [-0.2, 0) is 11.3 Å². The minimum atomic E-state index is -1.05. The van der Waals surface area contributed by atoms with Gasteiger partial charge in [-0.05, 0) is 35.9 Å². The van der Waals surface area contributed by atoms with E-state index in [-0.39, 0.29) is 29.1 Å². The van der Waals surface area contributed by atoms with Crippen LogP contribution in [-0.4, -0.2) is 34.3 Å². The smallest absolute Gasteiger partial charge is 0.355 e. The Morgan fingerprint density at radius 3 is 2.51 bits per heavy atom. The van der Waals surface area contributed by atoms with Gasteiger partial charge in [0.25, 0.3) is 11.8 Å². The average Bonchev–Trinajstić information content (AvgIpc) is 3.29. The number of esters is 1. The first-order valence-electron chi connectivity index (χ1n) is 10.2. The number of anilines is 1. The third-order valence-electron chi connectivity index (χ3n) is 5.05. The molecule has 0 aliphatic rings. The Kier molecular flexibility index (Phi) is 6.74. The van der Waals surface area contributed by atoms with E-state index in [9.17, 15) is 23.2 Å². The van der Waals surface area contributed by atoms with Crippen molar-refractivity contribution in [2.75, 3.05) is 12.4 Å². The van der Waals surface area contributed by atoms with Crippen LogP contribution >= 0.6 is 11.6 Å². The van der Waals surface area contributed by atoms with Gasteiger partial charge >= 0.3 is 5.97 Å². The quantitative estimate of drug-likeness (QED) is 0.387. The normalized spacial score (nSPS) is 10.7. The molecule has 0 radical (unpaired) electrons. The summed E-state index contributed by atoms with van der Waals surface area (Å²) in [4.78, 5) is 42.4. The Morgan fingerprint density at radius 1 is 1.03 bits per heavy atom. The second kappa shape index (κ2) is 9.90. The van der Waals surface area contributed by atoms with E-state index in [4.69, 9.17) is 16.3 Å². The number of nitrogens with zero attached hydrogens (tertiary/aromatic N) is 2.